The molecule has 4 aromatic rings. The van der Waals surface area contributed by atoms with Crippen molar-refractivity contribution in [3.05, 3.63) is 106 Å². The fourth-order valence-electron chi connectivity index (χ4n) is 3.43. The molecule has 0 radical (unpaired) electrons. The Bertz CT molecular complexity index is 1330. The number of fused-ring (bicyclic) bond motifs is 1. The molecule has 0 spiro atoms. The van der Waals surface area contributed by atoms with Gasteiger partial charge in [0, 0.05) is 40.9 Å². The van der Waals surface area contributed by atoms with Crippen LogP contribution >= 0.6 is 0 Å². The molecular weight excluding hydrogens is 404 g/mol. The molecular formula is C26H22N2O4. The van der Waals surface area contributed by atoms with Gasteiger partial charge in [-0.05, 0) is 60.9 Å². The van der Waals surface area contributed by atoms with Crippen molar-refractivity contribution in [3.63, 3.8) is 0 Å². The van der Waals surface area contributed by atoms with E-state index in [-0.39, 0.29) is 11.8 Å². The molecule has 0 saturated carbocycles. The average molecular weight is 426 g/mol. The number of nitrogens with one attached hydrogen (secondary N) is 2. The predicted octanol–water partition coefficient (Wildman–Crippen LogP) is 4.93. The second-order valence-corrected chi connectivity index (χ2v) is 7.52. The number of amides is 2. The highest BCUT2D eigenvalue weighted by Crippen LogP contribution is 2.21. The van der Waals surface area contributed by atoms with E-state index in [2.05, 4.69) is 10.6 Å². The normalized spacial score (nSPS) is 10.7. The number of anilines is 2. The SMILES string of the molecule is Cc1cc(=O)oc2cc(NC(=O)CCc3ccc(NC(=O)c4ccccc4)cc3)ccc12. The maximum absolute atomic E-state index is 12.4. The summed E-state index contributed by atoms with van der Waals surface area (Å²) >= 11 is 0. The van der Waals surface area contributed by atoms with Gasteiger partial charge in [-0.25, -0.2) is 4.79 Å². The summed E-state index contributed by atoms with van der Waals surface area (Å²) in [7, 11) is 0. The number of hydrogen-bond acceptors (Lipinski definition) is 4. The van der Waals surface area contributed by atoms with Crippen molar-refractivity contribution in [1.29, 1.82) is 0 Å². The van der Waals surface area contributed by atoms with E-state index >= 15 is 0 Å². The molecule has 2 N–H and O–H groups in total. The van der Waals surface area contributed by atoms with E-state index in [0.717, 1.165) is 16.5 Å². The Labute approximate surface area is 184 Å². The number of aryl methyl sites for hydroxylation is 2. The van der Waals surface area contributed by atoms with Crippen molar-refractivity contribution >= 4 is 34.2 Å². The third-order valence-corrected chi connectivity index (χ3v) is 5.12. The van der Waals surface area contributed by atoms with Gasteiger partial charge < -0.3 is 15.1 Å². The predicted molar refractivity (Wildman–Crippen MR) is 125 cm³/mol. The average Bonchev–Trinajstić information content (AvgIpc) is 2.79. The summed E-state index contributed by atoms with van der Waals surface area (Å²) in [6.07, 6.45) is 0.853. The standard InChI is InChI=1S/C26H22N2O4/c1-17-15-25(30)32-23-16-21(12-13-22(17)23)27-24(29)14-9-18-7-10-20(11-8-18)28-26(31)19-5-3-2-4-6-19/h2-8,10-13,15-16H,9,14H2,1H3,(H,27,29)(H,28,31). The first-order chi connectivity index (χ1) is 15.5. The van der Waals surface area contributed by atoms with Crippen LogP contribution in [0.5, 0.6) is 0 Å². The lowest BCUT2D eigenvalue weighted by atomic mass is 10.1. The summed E-state index contributed by atoms with van der Waals surface area (Å²) in [6.45, 7) is 1.84. The molecule has 4 rings (SSSR count). The maximum Gasteiger partial charge on any atom is 0.336 e. The summed E-state index contributed by atoms with van der Waals surface area (Å²) in [5, 5.41) is 6.53. The van der Waals surface area contributed by atoms with E-state index in [1.807, 2.05) is 55.5 Å². The maximum atomic E-state index is 12.4. The first-order valence-corrected chi connectivity index (χ1v) is 10.3. The lowest BCUT2D eigenvalue weighted by Gasteiger charge is -2.08. The zero-order valence-corrected chi connectivity index (χ0v) is 17.6. The minimum absolute atomic E-state index is 0.138. The Balaban J connectivity index is 1.32. The Hall–Kier alpha value is -4.19. The van der Waals surface area contributed by atoms with Crippen LogP contribution in [0.1, 0.15) is 27.9 Å². The van der Waals surface area contributed by atoms with Crippen LogP contribution in [0, 0.1) is 6.92 Å². The van der Waals surface area contributed by atoms with E-state index in [9.17, 15) is 14.4 Å². The van der Waals surface area contributed by atoms with Gasteiger partial charge in [0.05, 0.1) is 0 Å². The highest BCUT2D eigenvalue weighted by molar-refractivity contribution is 6.04. The molecule has 0 fully saturated rings. The van der Waals surface area contributed by atoms with Crippen molar-refractivity contribution in [2.75, 3.05) is 10.6 Å². The van der Waals surface area contributed by atoms with Crippen LogP contribution in [-0.2, 0) is 11.2 Å². The second kappa shape index (κ2) is 9.31. The van der Waals surface area contributed by atoms with Gasteiger partial charge in [0.25, 0.3) is 5.91 Å². The third kappa shape index (κ3) is 5.10. The molecule has 1 heterocycles. The molecule has 0 unspecified atom stereocenters. The van der Waals surface area contributed by atoms with Gasteiger partial charge in [0.1, 0.15) is 5.58 Å². The van der Waals surface area contributed by atoms with Gasteiger partial charge >= 0.3 is 5.63 Å². The molecule has 0 atom stereocenters. The Morgan fingerprint density at radius 3 is 2.31 bits per heavy atom. The van der Waals surface area contributed by atoms with Crippen LogP contribution in [-0.4, -0.2) is 11.8 Å². The van der Waals surface area contributed by atoms with Gasteiger partial charge in [-0.1, -0.05) is 30.3 Å². The van der Waals surface area contributed by atoms with Gasteiger partial charge in [-0.2, -0.15) is 0 Å². The highest BCUT2D eigenvalue weighted by atomic mass is 16.4. The largest absolute Gasteiger partial charge is 0.423 e. The van der Waals surface area contributed by atoms with Crippen LogP contribution in [0.3, 0.4) is 0 Å². The van der Waals surface area contributed by atoms with Crippen molar-refractivity contribution < 1.29 is 14.0 Å². The van der Waals surface area contributed by atoms with Gasteiger partial charge in [0.2, 0.25) is 5.91 Å². The molecule has 0 bridgehead atoms. The molecule has 160 valence electrons. The summed E-state index contributed by atoms with van der Waals surface area (Å²) in [6, 6.07) is 23.1. The molecule has 3 aromatic carbocycles. The van der Waals surface area contributed by atoms with E-state index in [0.29, 0.717) is 35.4 Å². The summed E-state index contributed by atoms with van der Waals surface area (Å²) in [5.41, 5.74) is 3.71. The second-order valence-electron chi connectivity index (χ2n) is 7.52. The van der Waals surface area contributed by atoms with Crippen molar-refractivity contribution in [1.82, 2.24) is 0 Å². The zero-order chi connectivity index (χ0) is 22.5. The lowest BCUT2D eigenvalue weighted by molar-refractivity contribution is -0.116. The number of benzene rings is 3. The van der Waals surface area contributed by atoms with Crippen LogP contribution in [0.25, 0.3) is 11.0 Å². The molecule has 1 aromatic heterocycles. The van der Waals surface area contributed by atoms with Crippen LogP contribution in [0.4, 0.5) is 11.4 Å². The van der Waals surface area contributed by atoms with Crippen molar-refractivity contribution in [2.45, 2.75) is 19.8 Å². The van der Waals surface area contributed by atoms with Crippen LogP contribution < -0.4 is 16.3 Å². The number of rotatable bonds is 6. The smallest absolute Gasteiger partial charge is 0.336 e. The minimum Gasteiger partial charge on any atom is -0.423 e. The topological polar surface area (TPSA) is 88.4 Å². The molecule has 0 saturated heterocycles. The van der Waals surface area contributed by atoms with E-state index < -0.39 is 5.63 Å². The Morgan fingerprint density at radius 1 is 0.844 bits per heavy atom. The first-order valence-electron chi connectivity index (χ1n) is 10.3. The van der Waals surface area contributed by atoms with Gasteiger partial charge in [-0.3, -0.25) is 9.59 Å². The van der Waals surface area contributed by atoms with Crippen molar-refractivity contribution in [3.8, 4) is 0 Å². The van der Waals surface area contributed by atoms with E-state index in [1.165, 1.54) is 6.07 Å². The molecule has 0 aliphatic carbocycles. The highest BCUT2D eigenvalue weighted by Gasteiger charge is 2.08. The monoisotopic (exact) mass is 426 g/mol. The summed E-state index contributed by atoms with van der Waals surface area (Å²) in [5.74, 6) is -0.306. The lowest BCUT2D eigenvalue weighted by Crippen LogP contribution is -2.13. The van der Waals surface area contributed by atoms with Gasteiger partial charge in [-0.15, -0.1) is 0 Å². The van der Waals surface area contributed by atoms with Crippen LogP contribution in [0.2, 0.25) is 0 Å². The Morgan fingerprint density at radius 2 is 1.56 bits per heavy atom. The number of carbonyl (C=O) groups is 2. The molecule has 0 aliphatic heterocycles. The van der Waals surface area contributed by atoms with Crippen molar-refractivity contribution in [2.24, 2.45) is 0 Å². The van der Waals surface area contributed by atoms with E-state index in [4.69, 9.17) is 4.42 Å². The van der Waals surface area contributed by atoms with E-state index in [1.54, 1.807) is 24.3 Å². The zero-order valence-electron chi connectivity index (χ0n) is 17.6. The van der Waals surface area contributed by atoms with Crippen LogP contribution in [0.15, 0.2) is 88.1 Å². The molecule has 0 aliphatic rings. The minimum atomic E-state index is -0.415. The number of carbonyl (C=O) groups excluding carboxylic acids is 2. The fraction of sp³-hybridized carbons (Fsp3) is 0.115. The first kappa shape index (κ1) is 21.1. The molecule has 32 heavy (non-hydrogen) atoms. The summed E-state index contributed by atoms with van der Waals surface area (Å²) in [4.78, 5) is 36.2. The third-order valence-electron chi connectivity index (χ3n) is 5.12. The molecule has 6 heteroatoms. The number of hydrogen-bond donors (Lipinski definition) is 2. The molecule has 6 nitrogen and oxygen atoms in total. The quantitative estimate of drug-likeness (QED) is 0.428. The fourth-order valence-corrected chi connectivity index (χ4v) is 3.43. The Kier molecular flexibility index (Phi) is 6.12. The van der Waals surface area contributed by atoms with Gasteiger partial charge in [0.15, 0.2) is 0 Å². The summed E-state index contributed by atoms with van der Waals surface area (Å²) < 4.78 is 5.22. The molecule has 2 amide bonds.